The predicted molar refractivity (Wildman–Crippen MR) is 110 cm³/mol. The molecule has 0 fully saturated rings. The summed E-state index contributed by atoms with van der Waals surface area (Å²) >= 11 is 0. The third-order valence-corrected chi connectivity index (χ3v) is 8.88. The SMILES string of the molecule is CCCCCCCCP(=O)(CCCCCCCC)C(C)C(=O)OCC. The number of ether oxygens (including phenoxy) is 1. The van der Waals surface area contributed by atoms with Crippen molar-refractivity contribution in [3.8, 4) is 0 Å². The fraction of sp³-hybridized carbons (Fsp3) is 0.952. The molecule has 0 radical (unpaired) electrons. The van der Waals surface area contributed by atoms with Crippen molar-refractivity contribution < 1.29 is 14.1 Å². The van der Waals surface area contributed by atoms with E-state index in [2.05, 4.69) is 13.8 Å². The van der Waals surface area contributed by atoms with Gasteiger partial charge in [-0.2, -0.15) is 0 Å². The molecule has 150 valence electrons. The molecule has 1 atom stereocenters. The number of rotatable bonds is 17. The third-order valence-electron chi connectivity index (χ3n) is 5.11. The van der Waals surface area contributed by atoms with E-state index in [4.69, 9.17) is 4.74 Å². The molecule has 0 spiro atoms. The lowest BCUT2D eigenvalue weighted by molar-refractivity contribution is -0.142. The number of carbonyl (C=O) groups excluding carboxylic acids is 1. The lowest BCUT2D eigenvalue weighted by atomic mass is 10.1. The van der Waals surface area contributed by atoms with Crippen molar-refractivity contribution in [3.05, 3.63) is 0 Å². The average Bonchev–Trinajstić information content (AvgIpc) is 2.60. The maximum Gasteiger partial charge on any atom is 0.316 e. The van der Waals surface area contributed by atoms with Crippen LogP contribution >= 0.6 is 7.14 Å². The van der Waals surface area contributed by atoms with Gasteiger partial charge in [0.25, 0.3) is 0 Å². The molecular formula is C21H43O3P. The van der Waals surface area contributed by atoms with E-state index in [1.165, 1.54) is 51.4 Å². The highest BCUT2D eigenvalue weighted by Gasteiger charge is 2.34. The van der Waals surface area contributed by atoms with E-state index in [-0.39, 0.29) is 5.97 Å². The molecule has 0 aromatic heterocycles. The molecule has 0 amide bonds. The first-order valence-electron chi connectivity index (χ1n) is 10.8. The Labute approximate surface area is 157 Å². The largest absolute Gasteiger partial charge is 0.465 e. The summed E-state index contributed by atoms with van der Waals surface area (Å²) in [6.07, 6.45) is 15.7. The van der Waals surface area contributed by atoms with Crippen molar-refractivity contribution in [3.63, 3.8) is 0 Å². The van der Waals surface area contributed by atoms with Gasteiger partial charge in [0.2, 0.25) is 0 Å². The molecule has 1 unspecified atom stereocenters. The maximum absolute atomic E-state index is 13.5. The van der Waals surface area contributed by atoms with Crippen molar-refractivity contribution in [1.82, 2.24) is 0 Å². The van der Waals surface area contributed by atoms with Crippen LogP contribution in [0.1, 0.15) is 105 Å². The van der Waals surface area contributed by atoms with Crippen LogP contribution in [-0.2, 0) is 14.1 Å². The minimum atomic E-state index is -2.48. The molecule has 0 aliphatic heterocycles. The molecule has 0 saturated carbocycles. The van der Waals surface area contributed by atoms with Gasteiger partial charge in [-0.05, 0) is 26.7 Å². The average molecular weight is 375 g/mol. The first-order valence-corrected chi connectivity index (χ1v) is 12.9. The van der Waals surface area contributed by atoms with E-state index < -0.39 is 12.8 Å². The Morgan fingerprint density at radius 1 is 0.760 bits per heavy atom. The Morgan fingerprint density at radius 3 is 1.56 bits per heavy atom. The number of unbranched alkanes of at least 4 members (excludes halogenated alkanes) is 10. The summed E-state index contributed by atoms with van der Waals surface area (Å²) in [6.45, 7) is 8.45. The van der Waals surface area contributed by atoms with Crippen molar-refractivity contribution in [2.75, 3.05) is 18.9 Å². The quantitative estimate of drug-likeness (QED) is 0.156. The Balaban J connectivity index is 4.43. The highest BCUT2D eigenvalue weighted by molar-refractivity contribution is 7.65. The highest BCUT2D eigenvalue weighted by Crippen LogP contribution is 2.52. The molecule has 0 aliphatic rings. The van der Waals surface area contributed by atoms with Crippen molar-refractivity contribution in [1.29, 1.82) is 0 Å². The second-order valence-electron chi connectivity index (χ2n) is 7.36. The van der Waals surface area contributed by atoms with E-state index in [1.54, 1.807) is 0 Å². The number of esters is 1. The highest BCUT2D eigenvalue weighted by atomic mass is 31.2. The molecule has 0 saturated heterocycles. The summed E-state index contributed by atoms with van der Waals surface area (Å²) in [5.74, 6) is -0.261. The van der Waals surface area contributed by atoms with E-state index >= 15 is 0 Å². The van der Waals surface area contributed by atoms with E-state index in [0.717, 1.165) is 25.7 Å². The van der Waals surface area contributed by atoms with Crippen LogP contribution in [0.5, 0.6) is 0 Å². The van der Waals surface area contributed by atoms with Gasteiger partial charge in [-0.15, -0.1) is 0 Å². The molecule has 0 N–H and O–H groups in total. The summed E-state index contributed by atoms with van der Waals surface area (Å²) in [4.78, 5) is 12.1. The van der Waals surface area contributed by atoms with Crippen LogP contribution in [0.25, 0.3) is 0 Å². The number of carbonyl (C=O) groups is 1. The molecule has 0 aliphatic carbocycles. The van der Waals surface area contributed by atoms with Crippen LogP contribution in [0.3, 0.4) is 0 Å². The fourth-order valence-electron chi connectivity index (χ4n) is 3.27. The molecular weight excluding hydrogens is 331 g/mol. The van der Waals surface area contributed by atoms with Gasteiger partial charge in [0, 0.05) is 12.3 Å². The monoisotopic (exact) mass is 374 g/mol. The van der Waals surface area contributed by atoms with Crippen LogP contribution in [0, 0.1) is 0 Å². The molecule has 0 heterocycles. The molecule has 0 rings (SSSR count). The van der Waals surface area contributed by atoms with Gasteiger partial charge in [-0.25, -0.2) is 0 Å². The van der Waals surface area contributed by atoms with Crippen LogP contribution in [0.4, 0.5) is 0 Å². The number of hydrogen-bond donors (Lipinski definition) is 0. The van der Waals surface area contributed by atoms with Gasteiger partial charge < -0.3 is 9.30 Å². The topological polar surface area (TPSA) is 43.4 Å². The first kappa shape index (κ1) is 24.7. The summed E-state index contributed by atoms with van der Waals surface area (Å²) in [5.41, 5.74) is -0.432. The Bertz CT molecular complexity index is 348. The normalized spacial score (nSPS) is 13.0. The molecule has 25 heavy (non-hydrogen) atoms. The lowest BCUT2D eigenvalue weighted by Crippen LogP contribution is -2.23. The molecule has 4 heteroatoms. The zero-order valence-corrected chi connectivity index (χ0v) is 18.3. The summed E-state index contributed by atoms with van der Waals surface area (Å²) in [5, 5.41) is 0. The number of hydrogen-bond acceptors (Lipinski definition) is 3. The predicted octanol–water partition coefficient (Wildman–Crippen LogP) is 7.02. The minimum Gasteiger partial charge on any atom is -0.465 e. The van der Waals surface area contributed by atoms with Gasteiger partial charge in [0.15, 0.2) is 0 Å². The fourth-order valence-corrected chi connectivity index (χ4v) is 6.25. The zero-order chi connectivity index (χ0) is 19.0. The first-order chi connectivity index (χ1) is 12.0. The minimum absolute atomic E-state index is 0.261. The Hall–Kier alpha value is -0.300. The Kier molecular flexibility index (Phi) is 15.7. The second-order valence-corrected chi connectivity index (χ2v) is 10.9. The van der Waals surface area contributed by atoms with Crippen LogP contribution < -0.4 is 0 Å². The van der Waals surface area contributed by atoms with Crippen molar-refractivity contribution in [2.24, 2.45) is 0 Å². The Morgan fingerprint density at radius 2 is 1.16 bits per heavy atom. The van der Waals surface area contributed by atoms with E-state index in [0.29, 0.717) is 18.9 Å². The van der Waals surface area contributed by atoms with Crippen LogP contribution in [-0.4, -0.2) is 30.6 Å². The molecule has 0 aromatic carbocycles. The lowest BCUT2D eigenvalue weighted by Gasteiger charge is -2.24. The molecule has 0 bridgehead atoms. The van der Waals surface area contributed by atoms with Gasteiger partial charge in [0.1, 0.15) is 12.8 Å². The smallest absolute Gasteiger partial charge is 0.316 e. The summed E-state index contributed by atoms with van der Waals surface area (Å²) < 4.78 is 18.7. The summed E-state index contributed by atoms with van der Waals surface area (Å²) in [6, 6.07) is 0. The summed E-state index contributed by atoms with van der Waals surface area (Å²) in [7, 11) is -2.48. The van der Waals surface area contributed by atoms with Crippen LogP contribution in [0.2, 0.25) is 0 Å². The van der Waals surface area contributed by atoms with Gasteiger partial charge in [-0.1, -0.05) is 78.1 Å². The van der Waals surface area contributed by atoms with Gasteiger partial charge >= 0.3 is 5.97 Å². The second kappa shape index (κ2) is 15.9. The van der Waals surface area contributed by atoms with Crippen molar-refractivity contribution >= 4 is 13.1 Å². The van der Waals surface area contributed by atoms with Crippen LogP contribution in [0.15, 0.2) is 0 Å². The van der Waals surface area contributed by atoms with Crippen molar-refractivity contribution in [2.45, 2.75) is 110 Å². The standard InChI is InChI=1S/C21H43O3P/c1-5-8-10-12-14-16-18-25(23,20(4)21(22)24-7-3)19-17-15-13-11-9-6-2/h20H,5-19H2,1-4H3. The van der Waals surface area contributed by atoms with E-state index in [9.17, 15) is 9.36 Å². The molecule has 3 nitrogen and oxygen atoms in total. The zero-order valence-electron chi connectivity index (χ0n) is 17.4. The maximum atomic E-state index is 13.5. The third kappa shape index (κ3) is 11.8. The van der Waals surface area contributed by atoms with E-state index in [1.807, 2.05) is 13.8 Å². The molecule has 0 aromatic rings. The van der Waals surface area contributed by atoms with Gasteiger partial charge in [-0.3, -0.25) is 4.79 Å². The van der Waals surface area contributed by atoms with Gasteiger partial charge in [0.05, 0.1) is 6.61 Å².